The molecule has 0 bridgehead atoms. The molecule has 0 saturated carbocycles. The fourth-order valence-electron chi connectivity index (χ4n) is 2.91. The van der Waals surface area contributed by atoms with Crippen molar-refractivity contribution in [3.8, 4) is 0 Å². The predicted molar refractivity (Wildman–Crippen MR) is 76.1 cm³/mol. The van der Waals surface area contributed by atoms with Crippen molar-refractivity contribution in [3.05, 3.63) is 24.2 Å². The second-order valence-electron chi connectivity index (χ2n) is 5.70. The van der Waals surface area contributed by atoms with Crippen molar-refractivity contribution in [3.63, 3.8) is 0 Å². The van der Waals surface area contributed by atoms with Crippen molar-refractivity contribution in [1.82, 2.24) is 10.2 Å². The van der Waals surface area contributed by atoms with E-state index in [1.54, 1.807) is 6.26 Å². The molecule has 0 radical (unpaired) electrons. The third kappa shape index (κ3) is 4.34. The summed E-state index contributed by atoms with van der Waals surface area (Å²) in [6.07, 6.45) is 5.87. The highest BCUT2D eigenvalue weighted by molar-refractivity contribution is 5.05. The van der Waals surface area contributed by atoms with Crippen molar-refractivity contribution in [2.45, 2.75) is 26.3 Å². The number of nitrogens with one attached hydrogen (secondary N) is 1. The lowest BCUT2D eigenvalue weighted by Gasteiger charge is -2.40. The molecule has 1 fully saturated rings. The van der Waals surface area contributed by atoms with Crippen molar-refractivity contribution in [2.24, 2.45) is 5.41 Å². The third-order valence-corrected chi connectivity index (χ3v) is 3.94. The first-order valence-corrected chi connectivity index (χ1v) is 7.22. The molecule has 0 spiro atoms. The van der Waals surface area contributed by atoms with Gasteiger partial charge in [-0.3, -0.25) is 0 Å². The Morgan fingerprint density at radius 2 is 2.16 bits per heavy atom. The number of hydrogen-bond donors (Lipinski definition) is 1. The first-order valence-electron chi connectivity index (χ1n) is 7.22. The molecular formula is C15H26N2O2. The summed E-state index contributed by atoms with van der Waals surface area (Å²) in [5.74, 6) is 0. The van der Waals surface area contributed by atoms with Crippen LogP contribution < -0.4 is 5.32 Å². The van der Waals surface area contributed by atoms with Gasteiger partial charge in [0.15, 0.2) is 0 Å². The Kier molecular flexibility index (Phi) is 5.43. The van der Waals surface area contributed by atoms with Gasteiger partial charge in [-0.15, -0.1) is 0 Å². The summed E-state index contributed by atoms with van der Waals surface area (Å²) in [5.41, 5.74) is 1.60. The average molecular weight is 266 g/mol. The molecule has 0 atom stereocenters. The summed E-state index contributed by atoms with van der Waals surface area (Å²) in [7, 11) is 2.19. The van der Waals surface area contributed by atoms with Gasteiger partial charge < -0.3 is 19.4 Å². The minimum atomic E-state index is 0.354. The first-order chi connectivity index (χ1) is 9.24. The van der Waals surface area contributed by atoms with Crippen LogP contribution in [0.2, 0.25) is 0 Å². The minimum absolute atomic E-state index is 0.354. The molecule has 0 aromatic carbocycles. The highest BCUT2D eigenvalue weighted by atomic mass is 16.5. The highest BCUT2D eigenvalue weighted by Crippen LogP contribution is 2.31. The van der Waals surface area contributed by atoms with Gasteiger partial charge in [0.1, 0.15) is 0 Å². The summed E-state index contributed by atoms with van der Waals surface area (Å²) in [6.45, 7) is 8.13. The maximum absolute atomic E-state index is 5.53. The maximum Gasteiger partial charge on any atom is 0.0947 e. The fraction of sp³-hybridized carbons (Fsp3) is 0.733. The van der Waals surface area contributed by atoms with Gasteiger partial charge in [-0.1, -0.05) is 6.92 Å². The van der Waals surface area contributed by atoms with E-state index >= 15 is 0 Å². The lowest BCUT2D eigenvalue weighted by atomic mass is 9.79. The van der Waals surface area contributed by atoms with Crippen LogP contribution in [0, 0.1) is 5.41 Å². The van der Waals surface area contributed by atoms with E-state index in [0.29, 0.717) is 5.41 Å². The Labute approximate surface area is 116 Å². The average Bonchev–Trinajstić information content (AvgIpc) is 2.90. The SMILES string of the molecule is CCNCC1(CN(C)Cc2ccoc2)CCOCC1. The van der Waals surface area contributed by atoms with Crippen molar-refractivity contribution >= 4 is 0 Å². The molecule has 1 N–H and O–H groups in total. The number of hydrogen-bond acceptors (Lipinski definition) is 4. The Morgan fingerprint density at radius 1 is 1.37 bits per heavy atom. The van der Waals surface area contributed by atoms with Crippen LogP contribution in [0.25, 0.3) is 0 Å². The molecule has 2 heterocycles. The Bertz CT molecular complexity index is 345. The second-order valence-corrected chi connectivity index (χ2v) is 5.70. The number of rotatable bonds is 7. The normalized spacial score (nSPS) is 18.9. The van der Waals surface area contributed by atoms with Crippen LogP contribution in [0.3, 0.4) is 0 Å². The molecule has 2 rings (SSSR count). The molecule has 1 aliphatic rings. The number of ether oxygens (including phenoxy) is 1. The maximum atomic E-state index is 5.53. The van der Waals surface area contributed by atoms with Gasteiger partial charge in [-0.05, 0) is 37.9 Å². The fourth-order valence-corrected chi connectivity index (χ4v) is 2.91. The molecule has 4 heteroatoms. The molecular weight excluding hydrogens is 240 g/mol. The Morgan fingerprint density at radius 3 is 2.79 bits per heavy atom. The van der Waals surface area contributed by atoms with E-state index in [9.17, 15) is 0 Å². The summed E-state index contributed by atoms with van der Waals surface area (Å²) in [4.78, 5) is 2.40. The van der Waals surface area contributed by atoms with Gasteiger partial charge in [0.25, 0.3) is 0 Å². The zero-order chi connectivity index (χ0) is 13.6. The molecule has 0 amide bonds. The van der Waals surface area contributed by atoms with Crippen molar-refractivity contribution < 1.29 is 9.15 Å². The topological polar surface area (TPSA) is 37.6 Å². The van der Waals surface area contributed by atoms with Crippen LogP contribution in [0.5, 0.6) is 0 Å². The minimum Gasteiger partial charge on any atom is -0.472 e. The van der Waals surface area contributed by atoms with Gasteiger partial charge in [-0.25, -0.2) is 0 Å². The van der Waals surface area contributed by atoms with Crippen molar-refractivity contribution in [2.75, 3.05) is 39.9 Å². The molecule has 1 aromatic heterocycles. The van der Waals surface area contributed by atoms with E-state index < -0.39 is 0 Å². The van der Waals surface area contributed by atoms with Gasteiger partial charge in [-0.2, -0.15) is 0 Å². The molecule has 0 aliphatic carbocycles. The third-order valence-electron chi connectivity index (χ3n) is 3.94. The molecule has 1 aliphatic heterocycles. The highest BCUT2D eigenvalue weighted by Gasteiger charge is 2.33. The Hall–Kier alpha value is -0.840. The molecule has 4 nitrogen and oxygen atoms in total. The van der Waals surface area contributed by atoms with Gasteiger partial charge in [0.2, 0.25) is 0 Å². The largest absolute Gasteiger partial charge is 0.472 e. The van der Waals surface area contributed by atoms with E-state index in [-0.39, 0.29) is 0 Å². The van der Waals surface area contributed by atoms with Crippen molar-refractivity contribution in [1.29, 1.82) is 0 Å². The summed E-state index contributed by atoms with van der Waals surface area (Å²) in [6, 6.07) is 2.04. The standard InChI is InChI=1S/C15H26N2O2/c1-3-16-12-15(5-8-18-9-6-15)13-17(2)10-14-4-7-19-11-14/h4,7,11,16H,3,5-6,8-10,12-13H2,1-2H3. The molecule has 0 unspecified atom stereocenters. The summed E-state index contributed by atoms with van der Waals surface area (Å²) < 4.78 is 10.7. The summed E-state index contributed by atoms with van der Waals surface area (Å²) >= 11 is 0. The monoisotopic (exact) mass is 266 g/mol. The number of furan rings is 1. The van der Waals surface area contributed by atoms with Crippen LogP contribution in [0.4, 0.5) is 0 Å². The molecule has 1 saturated heterocycles. The van der Waals surface area contributed by atoms with Gasteiger partial charge in [0.05, 0.1) is 12.5 Å². The summed E-state index contributed by atoms with van der Waals surface area (Å²) in [5, 5.41) is 3.52. The van der Waals surface area contributed by atoms with E-state index in [2.05, 4.69) is 24.2 Å². The zero-order valence-corrected chi connectivity index (χ0v) is 12.2. The van der Waals surface area contributed by atoms with E-state index in [1.807, 2.05) is 12.3 Å². The number of nitrogens with zero attached hydrogens (tertiary/aromatic N) is 1. The molecule has 19 heavy (non-hydrogen) atoms. The first kappa shape index (κ1) is 14.6. The smallest absolute Gasteiger partial charge is 0.0947 e. The van der Waals surface area contributed by atoms with E-state index in [4.69, 9.17) is 9.15 Å². The van der Waals surface area contributed by atoms with E-state index in [0.717, 1.165) is 52.2 Å². The Balaban J connectivity index is 1.90. The zero-order valence-electron chi connectivity index (χ0n) is 12.2. The molecule has 108 valence electrons. The lowest BCUT2D eigenvalue weighted by Crippen LogP contribution is -2.46. The van der Waals surface area contributed by atoms with Crippen LogP contribution >= 0.6 is 0 Å². The van der Waals surface area contributed by atoms with Crippen LogP contribution in [0.15, 0.2) is 23.0 Å². The van der Waals surface area contributed by atoms with Gasteiger partial charge >= 0.3 is 0 Å². The lowest BCUT2D eigenvalue weighted by molar-refractivity contribution is -0.00141. The quantitative estimate of drug-likeness (QED) is 0.820. The molecule has 1 aromatic rings. The van der Waals surface area contributed by atoms with Gasteiger partial charge in [0, 0.05) is 38.4 Å². The van der Waals surface area contributed by atoms with E-state index in [1.165, 1.54) is 5.56 Å². The van der Waals surface area contributed by atoms with Crippen LogP contribution in [-0.4, -0.2) is 44.8 Å². The predicted octanol–water partition coefficient (Wildman–Crippen LogP) is 2.12. The van der Waals surface area contributed by atoms with Crippen LogP contribution in [0.1, 0.15) is 25.3 Å². The van der Waals surface area contributed by atoms with Crippen LogP contribution in [-0.2, 0) is 11.3 Å². The second kappa shape index (κ2) is 7.08.